The second-order valence-corrected chi connectivity index (χ2v) is 6.29. The fourth-order valence-electron chi connectivity index (χ4n) is 2.56. The number of aromatic nitrogens is 1. The van der Waals surface area contributed by atoms with Crippen molar-refractivity contribution in [1.82, 2.24) is 15.6 Å². The number of methoxy groups -OCH3 is 1. The van der Waals surface area contributed by atoms with Gasteiger partial charge in [-0.1, -0.05) is 12.1 Å². The van der Waals surface area contributed by atoms with Gasteiger partial charge < -0.3 is 25.0 Å². The van der Waals surface area contributed by atoms with Crippen LogP contribution >= 0.6 is 0 Å². The van der Waals surface area contributed by atoms with Crippen LogP contribution in [0.3, 0.4) is 0 Å². The Morgan fingerprint density at radius 3 is 2.67 bits per heavy atom. The molecule has 1 atom stereocenters. The summed E-state index contributed by atoms with van der Waals surface area (Å²) in [5.74, 6) is 3.20. The Labute approximate surface area is 161 Å². The predicted molar refractivity (Wildman–Crippen MR) is 110 cm³/mol. The van der Waals surface area contributed by atoms with Crippen molar-refractivity contribution in [2.75, 3.05) is 39.7 Å². The molecule has 0 aliphatic carbocycles. The highest BCUT2D eigenvalue weighted by Crippen LogP contribution is 2.19. The molecule has 1 heterocycles. The van der Waals surface area contributed by atoms with Crippen molar-refractivity contribution in [3.8, 4) is 11.5 Å². The number of ether oxygens (including phenoxy) is 2. The molecule has 0 saturated carbocycles. The molecule has 146 valence electrons. The van der Waals surface area contributed by atoms with Crippen LogP contribution in [-0.2, 0) is 6.54 Å². The van der Waals surface area contributed by atoms with Crippen molar-refractivity contribution in [1.29, 1.82) is 0 Å². The molecule has 0 aliphatic heterocycles. The number of nitrogens with zero attached hydrogens (tertiary/aromatic N) is 3. The first-order valence-electron chi connectivity index (χ1n) is 8.90. The van der Waals surface area contributed by atoms with E-state index in [1.54, 1.807) is 20.4 Å². The molecule has 0 bridgehead atoms. The number of guanidine groups is 1. The van der Waals surface area contributed by atoms with Crippen LogP contribution in [0.15, 0.2) is 47.6 Å². The molecule has 1 unspecified atom stereocenters. The summed E-state index contributed by atoms with van der Waals surface area (Å²) >= 11 is 0. The van der Waals surface area contributed by atoms with Crippen LogP contribution in [0, 0.1) is 0 Å². The molecule has 7 nitrogen and oxygen atoms in total. The van der Waals surface area contributed by atoms with E-state index in [1.165, 1.54) is 0 Å². The zero-order chi connectivity index (χ0) is 19.6. The van der Waals surface area contributed by atoms with E-state index in [0.717, 1.165) is 22.9 Å². The Kier molecular flexibility index (Phi) is 7.73. The lowest BCUT2D eigenvalue weighted by molar-refractivity contribution is 0.223. The summed E-state index contributed by atoms with van der Waals surface area (Å²) in [5, 5.41) is 6.60. The lowest BCUT2D eigenvalue weighted by atomic mass is 10.2. The van der Waals surface area contributed by atoms with Gasteiger partial charge in [0, 0.05) is 45.5 Å². The SMILES string of the molecule is CN=C(NCc1cccnc1N(C)C)NCC(C)Oc1cccc(OC)c1. The molecule has 0 saturated heterocycles. The Balaban J connectivity index is 1.85. The van der Waals surface area contributed by atoms with Crippen molar-refractivity contribution in [3.63, 3.8) is 0 Å². The van der Waals surface area contributed by atoms with Gasteiger partial charge in [0.15, 0.2) is 5.96 Å². The molecule has 27 heavy (non-hydrogen) atoms. The van der Waals surface area contributed by atoms with Gasteiger partial charge in [0.25, 0.3) is 0 Å². The lowest BCUT2D eigenvalue weighted by Crippen LogP contribution is -2.41. The normalized spacial score (nSPS) is 12.3. The topological polar surface area (TPSA) is 71.0 Å². The van der Waals surface area contributed by atoms with Gasteiger partial charge in [-0.25, -0.2) is 4.98 Å². The van der Waals surface area contributed by atoms with E-state index in [2.05, 4.69) is 26.7 Å². The first-order chi connectivity index (χ1) is 13.0. The molecular weight excluding hydrogens is 342 g/mol. The number of rotatable bonds is 8. The molecule has 0 radical (unpaired) electrons. The number of nitrogens with one attached hydrogen (secondary N) is 2. The summed E-state index contributed by atoms with van der Waals surface area (Å²) in [7, 11) is 7.36. The van der Waals surface area contributed by atoms with Crippen LogP contribution < -0.4 is 25.0 Å². The maximum Gasteiger partial charge on any atom is 0.191 e. The van der Waals surface area contributed by atoms with E-state index in [4.69, 9.17) is 9.47 Å². The first-order valence-corrected chi connectivity index (χ1v) is 8.90. The van der Waals surface area contributed by atoms with Crippen LogP contribution in [0.4, 0.5) is 5.82 Å². The summed E-state index contributed by atoms with van der Waals surface area (Å²) in [6.45, 7) is 3.25. The molecule has 2 rings (SSSR count). The molecule has 1 aromatic carbocycles. The highest BCUT2D eigenvalue weighted by Gasteiger charge is 2.09. The second-order valence-electron chi connectivity index (χ2n) is 6.29. The van der Waals surface area contributed by atoms with Gasteiger partial charge in [-0.15, -0.1) is 0 Å². The molecule has 0 aliphatic rings. The van der Waals surface area contributed by atoms with E-state index in [1.807, 2.05) is 56.3 Å². The lowest BCUT2D eigenvalue weighted by Gasteiger charge is -2.19. The van der Waals surface area contributed by atoms with Crippen LogP contribution in [0.5, 0.6) is 11.5 Å². The third-order valence-corrected chi connectivity index (χ3v) is 3.90. The quantitative estimate of drug-likeness (QED) is 0.548. The van der Waals surface area contributed by atoms with Gasteiger partial charge in [-0.05, 0) is 25.1 Å². The average Bonchev–Trinajstić information content (AvgIpc) is 2.68. The number of hydrogen-bond donors (Lipinski definition) is 2. The van der Waals surface area contributed by atoms with Crippen molar-refractivity contribution >= 4 is 11.8 Å². The molecule has 0 fully saturated rings. The second kappa shape index (κ2) is 10.3. The Morgan fingerprint density at radius 2 is 1.96 bits per heavy atom. The highest BCUT2D eigenvalue weighted by molar-refractivity contribution is 5.79. The van der Waals surface area contributed by atoms with Crippen LogP contribution in [0.25, 0.3) is 0 Å². The van der Waals surface area contributed by atoms with E-state index in [0.29, 0.717) is 19.0 Å². The Hall–Kier alpha value is -2.96. The summed E-state index contributed by atoms with van der Waals surface area (Å²) in [5.41, 5.74) is 1.10. The summed E-state index contributed by atoms with van der Waals surface area (Å²) in [6, 6.07) is 11.6. The minimum absolute atomic E-state index is 0.0358. The minimum atomic E-state index is -0.0358. The summed E-state index contributed by atoms with van der Waals surface area (Å²) in [6.07, 6.45) is 1.76. The van der Waals surface area contributed by atoms with E-state index in [9.17, 15) is 0 Å². The van der Waals surface area contributed by atoms with Gasteiger partial charge >= 0.3 is 0 Å². The predicted octanol–water partition coefficient (Wildman–Crippen LogP) is 2.29. The third kappa shape index (κ3) is 6.36. The number of anilines is 1. The number of hydrogen-bond acceptors (Lipinski definition) is 5. The third-order valence-electron chi connectivity index (χ3n) is 3.90. The van der Waals surface area contributed by atoms with Gasteiger partial charge in [0.05, 0.1) is 13.7 Å². The molecule has 0 amide bonds. The highest BCUT2D eigenvalue weighted by atomic mass is 16.5. The smallest absolute Gasteiger partial charge is 0.191 e. The van der Waals surface area contributed by atoms with Gasteiger partial charge in [0.2, 0.25) is 0 Å². The summed E-state index contributed by atoms with van der Waals surface area (Å²) in [4.78, 5) is 10.7. The monoisotopic (exact) mass is 371 g/mol. The Bertz CT molecular complexity index is 749. The van der Waals surface area contributed by atoms with Crippen molar-refractivity contribution < 1.29 is 9.47 Å². The molecule has 0 spiro atoms. The number of aliphatic imine (C=N–C) groups is 1. The minimum Gasteiger partial charge on any atom is -0.497 e. The maximum atomic E-state index is 5.92. The van der Waals surface area contributed by atoms with E-state index in [-0.39, 0.29) is 6.10 Å². The van der Waals surface area contributed by atoms with Gasteiger partial charge in [-0.2, -0.15) is 0 Å². The van der Waals surface area contributed by atoms with Crippen molar-refractivity contribution in [2.24, 2.45) is 4.99 Å². The fourth-order valence-corrected chi connectivity index (χ4v) is 2.56. The van der Waals surface area contributed by atoms with Crippen LogP contribution in [0.1, 0.15) is 12.5 Å². The zero-order valence-electron chi connectivity index (χ0n) is 16.7. The molecule has 2 aromatic rings. The van der Waals surface area contributed by atoms with Crippen molar-refractivity contribution in [2.45, 2.75) is 19.6 Å². The van der Waals surface area contributed by atoms with Crippen molar-refractivity contribution in [3.05, 3.63) is 48.2 Å². The zero-order valence-corrected chi connectivity index (χ0v) is 16.7. The standard InChI is InChI=1S/C20H29N5O2/c1-15(27-18-10-6-9-17(12-18)26-5)13-23-20(21-2)24-14-16-8-7-11-22-19(16)25(3)4/h6-12,15H,13-14H2,1-5H3,(H2,21,23,24). The van der Waals surface area contributed by atoms with Crippen LogP contribution in [0.2, 0.25) is 0 Å². The molecule has 7 heteroatoms. The fraction of sp³-hybridized carbons (Fsp3) is 0.400. The number of benzene rings is 1. The average molecular weight is 371 g/mol. The van der Waals surface area contributed by atoms with Crippen LogP contribution in [-0.4, -0.2) is 51.8 Å². The molecule has 1 aromatic heterocycles. The van der Waals surface area contributed by atoms with E-state index < -0.39 is 0 Å². The number of pyridine rings is 1. The van der Waals surface area contributed by atoms with Gasteiger partial charge in [-0.3, -0.25) is 4.99 Å². The largest absolute Gasteiger partial charge is 0.497 e. The molecule has 2 N–H and O–H groups in total. The maximum absolute atomic E-state index is 5.92. The van der Waals surface area contributed by atoms with Gasteiger partial charge in [0.1, 0.15) is 23.4 Å². The molecular formula is C20H29N5O2. The summed E-state index contributed by atoms with van der Waals surface area (Å²) < 4.78 is 11.1. The van der Waals surface area contributed by atoms with E-state index >= 15 is 0 Å². The first kappa shape index (κ1) is 20.4. The Morgan fingerprint density at radius 1 is 1.19 bits per heavy atom.